The molecule has 4 aromatic rings. The first-order valence-electron chi connectivity index (χ1n) is 12.4. The van der Waals surface area contributed by atoms with Crippen molar-refractivity contribution < 1.29 is 8.81 Å². The van der Waals surface area contributed by atoms with Crippen LogP contribution >= 0.6 is 0 Å². The Morgan fingerprint density at radius 3 is 2.61 bits per heavy atom. The maximum atomic E-state index is 13.4. The second-order valence-electron chi connectivity index (χ2n) is 9.31. The highest BCUT2D eigenvalue weighted by Gasteiger charge is 2.31. The predicted octanol–water partition coefficient (Wildman–Crippen LogP) is 2.42. The Bertz CT molecular complexity index is 1460. The van der Waals surface area contributed by atoms with Gasteiger partial charge in [0.25, 0.3) is 0 Å². The number of piperidine rings is 1. The highest BCUT2D eigenvalue weighted by molar-refractivity contribution is 6.14. The molecule has 0 atom stereocenters. The molecule has 5 heterocycles. The Morgan fingerprint density at radius 2 is 1.92 bits per heavy atom. The number of hydrazine groups is 1. The number of imidazole rings is 1. The molecule has 2 aliphatic heterocycles. The summed E-state index contributed by atoms with van der Waals surface area (Å²) >= 11 is 0. The number of aliphatic imine (C=N–C) groups is 1. The van der Waals surface area contributed by atoms with Crippen LogP contribution in [0.3, 0.4) is 0 Å². The van der Waals surface area contributed by atoms with Gasteiger partial charge in [0.2, 0.25) is 5.78 Å². The molecule has 1 aromatic carbocycles. The summed E-state index contributed by atoms with van der Waals surface area (Å²) in [5.74, 6) is 8.18. The average Bonchev–Trinajstić information content (AvgIpc) is 3.61. The first-order chi connectivity index (χ1) is 17.5. The fourth-order valence-corrected chi connectivity index (χ4v) is 5.35. The molecule has 1 fully saturated rings. The van der Waals surface area contributed by atoms with Crippen LogP contribution in [0.15, 0.2) is 56.9 Å². The van der Waals surface area contributed by atoms with Gasteiger partial charge in [-0.05, 0) is 68.6 Å². The van der Waals surface area contributed by atoms with Crippen LogP contribution in [0.5, 0.6) is 0 Å². The molecule has 6 rings (SSSR count). The van der Waals surface area contributed by atoms with Crippen LogP contribution in [0.25, 0.3) is 5.78 Å². The minimum atomic E-state index is -0.201. The van der Waals surface area contributed by atoms with E-state index < -0.39 is 0 Å². The lowest BCUT2D eigenvalue weighted by Crippen LogP contribution is -2.38. The average molecular weight is 493 g/mol. The SMILES string of the molecule is CCn1c(=O)n(CCN2CCC(c3ccc(F)cc3)CC2)c2nc3c(n21)C(c1ccco1)=NCN3N. The number of aryl methyl sites for hydroxylation is 1. The zero-order valence-corrected chi connectivity index (χ0v) is 20.2. The van der Waals surface area contributed by atoms with E-state index in [1.54, 1.807) is 15.5 Å². The van der Waals surface area contributed by atoms with Gasteiger partial charge in [-0.2, -0.15) is 4.98 Å². The molecule has 0 spiro atoms. The molecule has 2 aliphatic rings. The van der Waals surface area contributed by atoms with Crippen molar-refractivity contribution in [2.45, 2.75) is 38.8 Å². The molecule has 0 bridgehead atoms. The number of nitrogens with two attached hydrogens (primary N) is 1. The Morgan fingerprint density at radius 1 is 1.14 bits per heavy atom. The summed E-state index contributed by atoms with van der Waals surface area (Å²) in [6, 6.07) is 10.5. The molecule has 11 heteroatoms. The van der Waals surface area contributed by atoms with Crippen LogP contribution in [0.2, 0.25) is 0 Å². The summed E-state index contributed by atoms with van der Waals surface area (Å²) in [5, 5.41) is 1.49. The Kier molecular flexibility index (Phi) is 5.73. The molecule has 1 saturated heterocycles. The highest BCUT2D eigenvalue weighted by atomic mass is 19.1. The summed E-state index contributed by atoms with van der Waals surface area (Å²) in [6.45, 7) is 5.78. The smallest absolute Gasteiger partial charge is 0.346 e. The fourth-order valence-electron chi connectivity index (χ4n) is 5.35. The number of fused-ring (bicyclic) bond motifs is 3. The monoisotopic (exact) mass is 492 g/mol. The summed E-state index contributed by atoms with van der Waals surface area (Å²) in [5.41, 5.74) is 2.37. The first-order valence-corrected chi connectivity index (χ1v) is 12.4. The van der Waals surface area contributed by atoms with E-state index >= 15 is 0 Å². The third-order valence-electron chi connectivity index (χ3n) is 7.25. The molecule has 0 aliphatic carbocycles. The van der Waals surface area contributed by atoms with Gasteiger partial charge in [-0.15, -0.1) is 0 Å². The number of furan rings is 1. The van der Waals surface area contributed by atoms with Crippen LogP contribution in [-0.4, -0.2) is 55.7 Å². The van der Waals surface area contributed by atoms with E-state index in [0.29, 0.717) is 47.8 Å². The standard InChI is InChI=1S/C25H29FN8O2/c1-2-33-25(35)31(14-13-30-11-9-18(10-12-30)17-5-7-19(26)8-6-17)24-29-23-22(34(24)33)21(28-16-32(23)27)20-4-3-15-36-20/h3-8,15,18H,2,9-14,16,27H2,1H3. The number of hydrogen-bond donors (Lipinski definition) is 1. The summed E-state index contributed by atoms with van der Waals surface area (Å²) in [6.07, 6.45) is 3.62. The maximum absolute atomic E-state index is 13.4. The van der Waals surface area contributed by atoms with Crippen molar-refractivity contribution >= 4 is 17.3 Å². The molecule has 0 unspecified atom stereocenters. The fraction of sp³-hybridized carbons (Fsp3) is 0.400. The van der Waals surface area contributed by atoms with Gasteiger partial charge in [0.15, 0.2) is 11.6 Å². The topological polar surface area (TPSA) is 102 Å². The van der Waals surface area contributed by atoms with E-state index in [-0.39, 0.29) is 18.2 Å². The summed E-state index contributed by atoms with van der Waals surface area (Å²) in [4.78, 5) is 25.1. The number of halogens is 1. The molecule has 0 amide bonds. The van der Waals surface area contributed by atoms with Crippen molar-refractivity contribution in [1.82, 2.24) is 23.6 Å². The van der Waals surface area contributed by atoms with Gasteiger partial charge in [0.05, 0.1) is 6.26 Å². The van der Waals surface area contributed by atoms with Crippen molar-refractivity contribution in [3.8, 4) is 0 Å². The highest BCUT2D eigenvalue weighted by Crippen LogP contribution is 2.29. The second-order valence-corrected chi connectivity index (χ2v) is 9.31. The van der Waals surface area contributed by atoms with Crippen LogP contribution in [0.1, 0.15) is 42.7 Å². The maximum Gasteiger partial charge on any atom is 0.346 e. The van der Waals surface area contributed by atoms with Gasteiger partial charge in [0, 0.05) is 19.6 Å². The number of rotatable bonds is 6. The molecule has 188 valence electrons. The molecule has 10 nitrogen and oxygen atoms in total. The van der Waals surface area contributed by atoms with Crippen molar-refractivity contribution in [2.75, 3.05) is 31.3 Å². The Balaban J connectivity index is 1.25. The van der Waals surface area contributed by atoms with E-state index in [1.165, 1.54) is 22.7 Å². The number of hydrogen-bond acceptors (Lipinski definition) is 7. The van der Waals surface area contributed by atoms with Crippen LogP contribution < -0.4 is 16.5 Å². The summed E-state index contributed by atoms with van der Waals surface area (Å²) in [7, 11) is 0. The van der Waals surface area contributed by atoms with Gasteiger partial charge < -0.3 is 9.32 Å². The van der Waals surface area contributed by atoms with Crippen molar-refractivity contribution in [1.29, 1.82) is 0 Å². The molecule has 2 N–H and O–H groups in total. The number of benzene rings is 1. The van der Waals surface area contributed by atoms with Gasteiger partial charge in [-0.1, -0.05) is 12.1 Å². The Hall–Kier alpha value is -3.70. The van der Waals surface area contributed by atoms with E-state index in [9.17, 15) is 9.18 Å². The molecular weight excluding hydrogens is 463 g/mol. The van der Waals surface area contributed by atoms with E-state index in [0.717, 1.165) is 32.5 Å². The zero-order chi connectivity index (χ0) is 24.8. The molecular formula is C25H29FN8O2. The largest absolute Gasteiger partial charge is 0.463 e. The quantitative estimate of drug-likeness (QED) is 0.415. The lowest BCUT2D eigenvalue weighted by molar-refractivity contribution is 0.205. The van der Waals surface area contributed by atoms with Gasteiger partial charge in [-0.3, -0.25) is 14.6 Å². The number of aromatic nitrogens is 4. The molecule has 0 radical (unpaired) electrons. The van der Waals surface area contributed by atoms with Crippen LogP contribution in [0.4, 0.5) is 10.2 Å². The molecule has 36 heavy (non-hydrogen) atoms. The minimum Gasteiger partial charge on any atom is -0.463 e. The lowest BCUT2D eigenvalue weighted by atomic mass is 9.89. The van der Waals surface area contributed by atoms with Crippen LogP contribution in [0, 0.1) is 5.82 Å². The van der Waals surface area contributed by atoms with Gasteiger partial charge >= 0.3 is 5.69 Å². The van der Waals surface area contributed by atoms with Crippen LogP contribution in [-0.2, 0) is 13.1 Å². The lowest BCUT2D eigenvalue weighted by Gasteiger charge is -2.32. The van der Waals surface area contributed by atoms with Gasteiger partial charge in [0.1, 0.15) is 23.9 Å². The zero-order valence-electron chi connectivity index (χ0n) is 20.2. The van der Waals surface area contributed by atoms with E-state index in [2.05, 4.69) is 9.89 Å². The summed E-state index contributed by atoms with van der Waals surface area (Å²) < 4.78 is 24.1. The third-order valence-corrected chi connectivity index (χ3v) is 7.25. The Labute approximate surface area is 207 Å². The van der Waals surface area contributed by atoms with E-state index in [1.807, 2.05) is 35.7 Å². The van der Waals surface area contributed by atoms with E-state index in [4.69, 9.17) is 15.2 Å². The molecule has 3 aromatic heterocycles. The normalized spacial score (nSPS) is 17.1. The molecule has 0 saturated carbocycles. The predicted molar refractivity (Wildman–Crippen MR) is 134 cm³/mol. The van der Waals surface area contributed by atoms with Crippen molar-refractivity contribution in [3.05, 3.63) is 76.0 Å². The second kappa shape index (κ2) is 9.07. The third kappa shape index (κ3) is 3.75. The van der Waals surface area contributed by atoms with Crippen molar-refractivity contribution in [2.24, 2.45) is 10.8 Å². The van der Waals surface area contributed by atoms with Crippen molar-refractivity contribution in [3.63, 3.8) is 0 Å². The number of likely N-dealkylation sites (tertiary alicyclic amines) is 1. The number of nitrogens with zero attached hydrogens (tertiary/aromatic N) is 7. The first kappa shape index (κ1) is 22.7. The van der Waals surface area contributed by atoms with Gasteiger partial charge in [-0.25, -0.2) is 24.2 Å². The minimum absolute atomic E-state index is 0.114. The number of anilines is 1.